The molecule has 4 rings (SSSR count). The molecule has 1 heterocycles. The van der Waals surface area contributed by atoms with Gasteiger partial charge in [0.15, 0.2) is 0 Å². The molecule has 2 aromatic rings. The van der Waals surface area contributed by atoms with Crippen LogP contribution in [0.25, 0.3) is 0 Å². The summed E-state index contributed by atoms with van der Waals surface area (Å²) in [6.45, 7) is 0.603. The van der Waals surface area contributed by atoms with E-state index in [2.05, 4.69) is 10.6 Å². The maximum Gasteiger partial charge on any atom is 0.254 e. The van der Waals surface area contributed by atoms with E-state index in [0.717, 1.165) is 31.2 Å². The van der Waals surface area contributed by atoms with E-state index >= 15 is 0 Å². The Kier molecular flexibility index (Phi) is 6.35. The van der Waals surface area contributed by atoms with Crippen LogP contribution in [0.3, 0.4) is 0 Å². The summed E-state index contributed by atoms with van der Waals surface area (Å²) in [5.74, 6) is -0.454. The van der Waals surface area contributed by atoms with Crippen molar-refractivity contribution in [2.75, 3.05) is 6.54 Å². The maximum atomic E-state index is 13.3. The van der Waals surface area contributed by atoms with Gasteiger partial charge in [0.2, 0.25) is 5.91 Å². The van der Waals surface area contributed by atoms with Gasteiger partial charge >= 0.3 is 0 Å². The summed E-state index contributed by atoms with van der Waals surface area (Å²) in [4.78, 5) is 27.5. The molecule has 2 amide bonds. The summed E-state index contributed by atoms with van der Waals surface area (Å²) in [5, 5.41) is 7.03. The molecule has 2 aromatic carbocycles. The zero-order valence-electron chi connectivity index (χ0n) is 16.6. The van der Waals surface area contributed by atoms with Gasteiger partial charge in [0, 0.05) is 23.2 Å². The first-order chi connectivity index (χ1) is 14.5. The zero-order chi connectivity index (χ0) is 21.1. The Morgan fingerprint density at radius 1 is 1.13 bits per heavy atom. The van der Waals surface area contributed by atoms with E-state index in [0.29, 0.717) is 23.7 Å². The molecule has 1 aliphatic carbocycles. The minimum absolute atomic E-state index is 0.00387. The molecule has 0 spiro atoms. The van der Waals surface area contributed by atoms with Gasteiger partial charge in [-0.3, -0.25) is 14.9 Å². The maximum absolute atomic E-state index is 13.3. The predicted octanol–water partition coefficient (Wildman–Crippen LogP) is 3.73. The van der Waals surface area contributed by atoms with Crippen LogP contribution in [0.15, 0.2) is 48.5 Å². The summed E-state index contributed by atoms with van der Waals surface area (Å²) in [6, 6.07) is 13.0. The van der Waals surface area contributed by atoms with Crippen LogP contribution < -0.4 is 10.6 Å². The van der Waals surface area contributed by atoms with Gasteiger partial charge in [-0.15, -0.1) is 0 Å². The van der Waals surface area contributed by atoms with Crippen LogP contribution in [0.4, 0.5) is 4.39 Å². The molecule has 1 aliphatic heterocycles. The third-order valence-electron chi connectivity index (χ3n) is 5.88. The van der Waals surface area contributed by atoms with Crippen molar-refractivity contribution < 1.29 is 14.0 Å². The Morgan fingerprint density at radius 2 is 1.90 bits per heavy atom. The van der Waals surface area contributed by atoms with Crippen LogP contribution in [0, 0.1) is 11.7 Å². The van der Waals surface area contributed by atoms with Gasteiger partial charge in [0.1, 0.15) is 5.82 Å². The molecule has 5 nitrogen and oxygen atoms in total. The molecule has 30 heavy (non-hydrogen) atoms. The third-order valence-corrected chi connectivity index (χ3v) is 6.12. The molecule has 0 bridgehead atoms. The molecular formula is C23H25ClFN3O2. The average molecular weight is 430 g/mol. The molecule has 3 unspecified atom stereocenters. The Bertz CT molecular complexity index is 921. The summed E-state index contributed by atoms with van der Waals surface area (Å²) in [5.41, 5.74) is 1.28. The summed E-state index contributed by atoms with van der Waals surface area (Å²) in [6.07, 6.45) is 3.71. The fourth-order valence-electron chi connectivity index (χ4n) is 4.38. The topological polar surface area (TPSA) is 61.4 Å². The highest BCUT2D eigenvalue weighted by Crippen LogP contribution is 2.27. The van der Waals surface area contributed by atoms with Crippen LogP contribution in [-0.2, 0) is 11.3 Å². The fraction of sp³-hybridized carbons (Fsp3) is 0.391. The number of amides is 2. The van der Waals surface area contributed by atoms with Gasteiger partial charge in [-0.05, 0) is 48.7 Å². The van der Waals surface area contributed by atoms with Crippen molar-refractivity contribution in [1.82, 2.24) is 15.5 Å². The molecule has 1 saturated heterocycles. The first-order valence-electron chi connectivity index (χ1n) is 10.4. The minimum Gasteiger partial charge on any atom is -0.339 e. The number of nitrogens with zero attached hydrogens (tertiary/aromatic N) is 1. The molecule has 2 N–H and O–H groups in total. The number of benzene rings is 2. The Morgan fingerprint density at radius 3 is 2.67 bits per heavy atom. The zero-order valence-corrected chi connectivity index (χ0v) is 17.4. The highest BCUT2D eigenvalue weighted by Gasteiger charge is 2.38. The Hall–Kier alpha value is -2.44. The van der Waals surface area contributed by atoms with Crippen molar-refractivity contribution in [3.05, 3.63) is 70.5 Å². The number of carbonyl (C=O) groups excluding carboxylic acids is 2. The molecule has 1 saturated carbocycles. The quantitative estimate of drug-likeness (QED) is 0.761. The van der Waals surface area contributed by atoms with Crippen molar-refractivity contribution in [3.63, 3.8) is 0 Å². The SMILES string of the molecule is O=C1NC(CN(Cc2ccc(F)cc2)C(=O)c2cccc(Cl)c2)NC2CCCCC12. The Balaban J connectivity index is 1.54. The third kappa shape index (κ3) is 4.82. The largest absolute Gasteiger partial charge is 0.339 e. The number of rotatable bonds is 5. The van der Waals surface area contributed by atoms with E-state index in [4.69, 9.17) is 11.6 Å². The lowest BCUT2D eigenvalue weighted by atomic mass is 9.82. The molecular weight excluding hydrogens is 405 g/mol. The van der Waals surface area contributed by atoms with Gasteiger partial charge < -0.3 is 10.2 Å². The number of hydrogen-bond acceptors (Lipinski definition) is 3. The normalized spacial score (nSPS) is 23.4. The average Bonchev–Trinajstić information content (AvgIpc) is 2.74. The van der Waals surface area contributed by atoms with Crippen molar-refractivity contribution in [3.8, 4) is 0 Å². The van der Waals surface area contributed by atoms with Crippen LogP contribution >= 0.6 is 11.6 Å². The van der Waals surface area contributed by atoms with Crippen molar-refractivity contribution in [2.45, 2.75) is 44.4 Å². The van der Waals surface area contributed by atoms with Crippen molar-refractivity contribution in [2.24, 2.45) is 5.92 Å². The van der Waals surface area contributed by atoms with Crippen molar-refractivity contribution >= 4 is 23.4 Å². The molecule has 7 heteroatoms. The van der Waals surface area contributed by atoms with E-state index in [1.54, 1.807) is 41.3 Å². The molecule has 2 aliphatic rings. The second-order valence-corrected chi connectivity index (χ2v) is 8.48. The van der Waals surface area contributed by atoms with Crippen LogP contribution in [0.1, 0.15) is 41.6 Å². The van der Waals surface area contributed by atoms with Crippen LogP contribution in [0.2, 0.25) is 5.02 Å². The lowest BCUT2D eigenvalue weighted by Crippen LogP contribution is -2.65. The van der Waals surface area contributed by atoms with E-state index < -0.39 is 0 Å². The lowest BCUT2D eigenvalue weighted by Gasteiger charge is -2.41. The molecule has 0 radical (unpaired) electrons. The second kappa shape index (κ2) is 9.14. The number of hydrogen-bond donors (Lipinski definition) is 2. The van der Waals surface area contributed by atoms with Gasteiger partial charge in [0.05, 0.1) is 18.6 Å². The summed E-state index contributed by atoms with van der Waals surface area (Å²) < 4.78 is 13.3. The first-order valence-corrected chi connectivity index (χ1v) is 10.7. The number of fused-ring (bicyclic) bond motifs is 1. The standard InChI is InChI=1S/C23H25ClFN3O2/c24-17-5-3-4-16(12-17)23(30)28(13-15-8-10-18(25)11-9-15)14-21-26-20-7-2-1-6-19(20)22(29)27-21/h3-5,8-12,19-21,26H,1-2,6-7,13-14H2,(H,27,29). The van der Waals surface area contributed by atoms with E-state index in [1.807, 2.05) is 0 Å². The van der Waals surface area contributed by atoms with Gasteiger partial charge in [-0.2, -0.15) is 0 Å². The van der Waals surface area contributed by atoms with Crippen molar-refractivity contribution in [1.29, 1.82) is 0 Å². The highest BCUT2D eigenvalue weighted by atomic mass is 35.5. The molecule has 158 valence electrons. The second-order valence-electron chi connectivity index (χ2n) is 8.05. The summed E-state index contributed by atoms with van der Waals surface area (Å²) in [7, 11) is 0. The number of halogens is 2. The highest BCUT2D eigenvalue weighted by molar-refractivity contribution is 6.30. The van der Waals surface area contributed by atoms with E-state index in [9.17, 15) is 14.0 Å². The molecule has 2 fully saturated rings. The van der Waals surface area contributed by atoms with Gasteiger partial charge in [-0.25, -0.2) is 4.39 Å². The van der Waals surface area contributed by atoms with Crippen LogP contribution in [0.5, 0.6) is 0 Å². The lowest BCUT2D eigenvalue weighted by molar-refractivity contribution is -0.131. The summed E-state index contributed by atoms with van der Waals surface area (Å²) >= 11 is 6.08. The van der Waals surface area contributed by atoms with Gasteiger partial charge in [0.25, 0.3) is 5.91 Å². The fourth-order valence-corrected chi connectivity index (χ4v) is 4.57. The molecule has 0 aromatic heterocycles. The molecule has 3 atom stereocenters. The van der Waals surface area contributed by atoms with Gasteiger partial charge in [-0.1, -0.05) is 42.6 Å². The Labute approximate surface area is 180 Å². The number of carbonyl (C=O) groups is 2. The minimum atomic E-state index is -0.333. The number of nitrogens with one attached hydrogen (secondary N) is 2. The van der Waals surface area contributed by atoms with Crippen LogP contribution in [-0.4, -0.2) is 35.5 Å². The van der Waals surface area contributed by atoms with E-state index in [-0.39, 0.29) is 35.8 Å². The smallest absolute Gasteiger partial charge is 0.254 e. The predicted molar refractivity (Wildman–Crippen MR) is 113 cm³/mol. The van der Waals surface area contributed by atoms with E-state index in [1.165, 1.54) is 12.1 Å². The monoisotopic (exact) mass is 429 g/mol. The first kappa shape index (κ1) is 20.8.